The van der Waals surface area contributed by atoms with Gasteiger partial charge in [-0.2, -0.15) is 30.4 Å². The lowest BCUT2D eigenvalue weighted by Gasteiger charge is -2.16. The average Bonchev–Trinajstić information content (AvgIpc) is 2.11. The van der Waals surface area contributed by atoms with E-state index < -0.39 is 41.4 Å². The zero-order chi connectivity index (χ0) is 13.9. The molecular weight excluding hydrogens is 289 g/mol. The van der Waals surface area contributed by atoms with Crippen LogP contribution in [0.4, 0.5) is 30.7 Å². The molecule has 4 nitrogen and oxygen atoms in total. The zero-order valence-electron chi connectivity index (χ0n) is 7.68. The maximum absolute atomic E-state index is 12.5. The van der Waals surface area contributed by atoms with Crippen LogP contribution in [-0.2, 0) is 19.0 Å². The molecule has 0 amide bonds. The Morgan fingerprint density at radius 2 is 1.47 bits per heavy atom. The highest BCUT2D eigenvalue weighted by atomic mass is 32.2. The molecule has 104 valence electrons. The van der Waals surface area contributed by atoms with Gasteiger partial charge in [0.1, 0.15) is 13.2 Å². The lowest BCUT2D eigenvalue weighted by molar-refractivity contribution is -0.190. The van der Waals surface area contributed by atoms with Gasteiger partial charge < -0.3 is 4.74 Å². The summed E-state index contributed by atoms with van der Waals surface area (Å²) in [6.07, 6.45) is 0. The van der Waals surface area contributed by atoms with Crippen molar-refractivity contribution in [2.75, 3.05) is 13.2 Å². The second-order valence-electron chi connectivity index (χ2n) is 2.59. The fraction of sp³-hybridized carbons (Fsp3) is 1.00. The monoisotopic (exact) mass is 294 g/mol. The van der Waals surface area contributed by atoms with Gasteiger partial charge >= 0.3 is 22.2 Å². The first-order chi connectivity index (χ1) is 7.37. The van der Waals surface area contributed by atoms with Crippen molar-refractivity contribution in [1.29, 1.82) is 0 Å². The lowest BCUT2D eigenvalue weighted by Crippen LogP contribution is -2.35. The molecular formula is C5H5F7O4S. The van der Waals surface area contributed by atoms with E-state index in [9.17, 15) is 39.2 Å². The lowest BCUT2D eigenvalue weighted by atomic mass is 10.4. The highest BCUT2D eigenvalue weighted by molar-refractivity contribution is 7.87. The Kier molecular flexibility index (Phi) is 5.16. The van der Waals surface area contributed by atoms with Crippen LogP contribution in [-0.4, -0.2) is 39.7 Å². The van der Waals surface area contributed by atoms with Crippen LogP contribution in [0.15, 0.2) is 0 Å². The summed E-state index contributed by atoms with van der Waals surface area (Å²) in [5.41, 5.74) is -5.87. The minimum absolute atomic E-state index is 1.97. The van der Waals surface area contributed by atoms with E-state index in [-0.39, 0.29) is 0 Å². The van der Waals surface area contributed by atoms with Crippen molar-refractivity contribution in [2.24, 2.45) is 0 Å². The molecule has 0 spiro atoms. The van der Waals surface area contributed by atoms with Gasteiger partial charge in [0.2, 0.25) is 0 Å². The highest BCUT2D eigenvalue weighted by Crippen LogP contribution is 2.26. The van der Waals surface area contributed by atoms with Gasteiger partial charge in [0, 0.05) is 0 Å². The minimum atomic E-state index is -6.19. The minimum Gasteiger partial charge on any atom is -0.317 e. The van der Waals surface area contributed by atoms with Crippen LogP contribution in [0.25, 0.3) is 0 Å². The molecule has 0 atom stereocenters. The summed E-state index contributed by atoms with van der Waals surface area (Å²) in [5.74, 6) is -4.30. The van der Waals surface area contributed by atoms with Crippen molar-refractivity contribution in [3.8, 4) is 0 Å². The molecule has 0 saturated carbocycles. The Morgan fingerprint density at radius 1 is 1.00 bits per heavy atom. The molecule has 0 aliphatic carbocycles. The van der Waals surface area contributed by atoms with Crippen LogP contribution >= 0.6 is 0 Å². The predicted molar refractivity (Wildman–Crippen MR) is 37.8 cm³/mol. The molecule has 12 heteroatoms. The number of hydrogen-bond donors (Lipinski definition) is 0. The molecule has 17 heavy (non-hydrogen) atoms. The molecule has 0 fully saturated rings. The molecule has 0 N–H and O–H groups in total. The number of alkyl halides is 7. The summed E-state index contributed by atoms with van der Waals surface area (Å²) in [7, 11) is -6.19. The smallest absolute Gasteiger partial charge is 0.317 e. The third-order valence-corrected chi connectivity index (χ3v) is 2.12. The molecule has 0 rings (SSSR count). The maximum Gasteiger partial charge on any atom is 0.523 e. The topological polar surface area (TPSA) is 52.6 Å². The maximum atomic E-state index is 12.5. The normalized spacial score (nSPS) is 14.4. The van der Waals surface area contributed by atoms with Crippen molar-refractivity contribution in [2.45, 2.75) is 18.0 Å². The Labute approximate surface area is 90.4 Å². The van der Waals surface area contributed by atoms with Gasteiger partial charge in [-0.05, 0) is 0 Å². The van der Waals surface area contributed by atoms with E-state index in [1.54, 1.807) is 0 Å². The first-order valence-corrected chi connectivity index (χ1v) is 5.01. The van der Waals surface area contributed by atoms with E-state index in [4.69, 9.17) is 0 Å². The second kappa shape index (κ2) is 5.35. The van der Waals surface area contributed by atoms with E-state index in [1.165, 1.54) is 0 Å². The Balaban J connectivity index is 4.37. The van der Waals surface area contributed by atoms with Crippen molar-refractivity contribution in [1.82, 2.24) is 0 Å². The molecule has 0 aromatic carbocycles. The van der Waals surface area contributed by atoms with Crippen molar-refractivity contribution in [3.63, 3.8) is 0 Å². The van der Waals surface area contributed by atoms with Gasteiger partial charge in [0.05, 0.1) is 0 Å². The van der Waals surface area contributed by atoms with Gasteiger partial charge in [-0.1, -0.05) is 0 Å². The number of hydrogen-bond acceptors (Lipinski definition) is 4. The van der Waals surface area contributed by atoms with Crippen molar-refractivity contribution >= 4 is 10.1 Å². The van der Waals surface area contributed by atoms with Gasteiger partial charge in [-0.25, -0.2) is 8.78 Å². The van der Waals surface area contributed by atoms with E-state index >= 15 is 0 Å². The molecule has 0 unspecified atom stereocenters. The summed E-state index contributed by atoms with van der Waals surface area (Å²) < 4.78 is 109. The second-order valence-corrected chi connectivity index (χ2v) is 4.20. The molecule has 0 bridgehead atoms. The Hall–Kier alpha value is -0.620. The fourth-order valence-corrected chi connectivity index (χ4v) is 0.918. The summed E-state index contributed by atoms with van der Waals surface area (Å²) in [6.45, 7) is -7.79. The van der Waals surface area contributed by atoms with Crippen molar-refractivity contribution in [3.05, 3.63) is 0 Å². The molecule has 0 heterocycles. The number of ether oxygens (including phenoxy) is 1. The standard InChI is InChI=1S/C5H5F7O4S/c6-3(7)15-1-4(8,9)2-16-17(13,14)5(10,11)12/h3H,1-2H2. The van der Waals surface area contributed by atoms with Crippen LogP contribution < -0.4 is 0 Å². The first kappa shape index (κ1) is 16.4. The predicted octanol–water partition coefficient (Wildman–Crippen LogP) is 1.73. The average molecular weight is 294 g/mol. The molecule has 0 aliphatic rings. The van der Waals surface area contributed by atoms with Crippen LogP contribution in [0.5, 0.6) is 0 Å². The summed E-state index contributed by atoms with van der Waals surface area (Å²) in [5, 5.41) is 0. The largest absolute Gasteiger partial charge is 0.523 e. The molecule has 0 saturated heterocycles. The highest BCUT2D eigenvalue weighted by Gasteiger charge is 2.49. The van der Waals surface area contributed by atoms with Gasteiger partial charge in [-0.3, -0.25) is 4.18 Å². The van der Waals surface area contributed by atoms with Gasteiger partial charge in [0.15, 0.2) is 0 Å². The zero-order valence-corrected chi connectivity index (χ0v) is 8.50. The Morgan fingerprint density at radius 3 is 1.82 bits per heavy atom. The first-order valence-electron chi connectivity index (χ1n) is 3.61. The quantitative estimate of drug-likeness (QED) is 0.425. The summed E-state index contributed by atoms with van der Waals surface area (Å²) in [6, 6.07) is 0. The Bertz CT molecular complexity index is 335. The van der Waals surface area contributed by atoms with E-state index in [0.717, 1.165) is 0 Å². The summed E-state index contributed by atoms with van der Waals surface area (Å²) in [4.78, 5) is 0. The van der Waals surface area contributed by atoms with Gasteiger partial charge in [-0.15, -0.1) is 0 Å². The van der Waals surface area contributed by atoms with Crippen LogP contribution in [0.3, 0.4) is 0 Å². The number of rotatable bonds is 6. The van der Waals surface area contributed by atoms with E-state index in [2.05, 4.69) is 8.92 Å². The van der Waals surface area contributed by atoms with Gasteiger partial charge in [0.25, 0.3) is 5.92 Å². The number of halogens is 7. The van der Waals surface area contributed by atoms with E-state index in [1.807, 2.05) is 0 Å². The molecule has 0 aliphatic heterocycles. The molecule has 0 aromatic rings. The van der Waals surface area contributed by atoms with E-state index in [0.29, 0.717) is 0 Å². The van der Waals surface area contributed by atoms with Crippen LogP contribution in [0, 0.1) is 0 Å². The summed E-state index contributed by atoms with van der Waals surface area (Å²) >= 11 is 0. The van der Waals surface area contributed by atoms with Crippen molar-refractivity contribution < 1.29 is 48.1 Å². The molecule has 0 aromatic heterocycles. The van der Waals surface area contributed by atoms with Crippen LogP contribution in [0.2, 0.25) is 0 Å². The third kappa shape index (κ3) is 6.02. The SMILES string of the molecule is O=S(=O)(OCC(F)(F)COC(F)F)C(F)(F)F. The third-order valence-electron chi connectivity index (χ3n) is 1.13. The fourth-order valence-electron chi connectivity index (χ4n) is 0.457. The van der Waals surface area contributed by atoms with Crippen LogP contribution in [0.1, 0.15) is 0 Å². The molecule has 0 radical (unpaired) electrons.